The molecule has 0 spiro atoms. The monoisotopic (exact) mass is 203 g/mol. The van der Waals surface area contributed by atoms with Gasteiger partial charge < -0.3 is 0 Å². The summed E-state index contributed by atoms with van der Waals surface area (Å²) in [5.41, 5.74) is 1.58. The third kappa shape index (κ3) is 3.05. The number of amides is 1. The van der Waals surface area contributed by atoms with Crippen molar-refractivity contribution in [2.45, 2.75) is 6.92 Å². The van der Waals surface area contributed by atoms with Crippen LogP contribution in [-0.2, 0) is 4.79 Å². The molecular formula is C11H9NOS. The lowest BCUT2D eigenvalue weighted by molar-refractivity contribution is -0.114. The number of carbonyl (C=O) groups excluding carboxylic acids is 1. The van der Waals surface area contributed by atoms with Gasteiger partial charge in [-0.25, -0.2) is 0 Å². The third-order valence-corrected chi connectivity index (χ3v) is 1.76. The van der Waals surface area contributed by atoms with E-state index in [9.17, 15) is 4.79 Å². The summed E-state index contributed by atoms with van der Waals surface area (Å²) in [5, 5.41) is 2.06. The number of thiocarbonyl (C=S) groups is 1. The molecule has 0 unspecified atom stereocenters. The highest BCUT2D eigenvalue weighted by Crippen LogP contribution is 2.07. The van der Waals surface area contributed by atoms with Gasteiger partial charge in [-0.2, -0.15) is 4.99 Å². The molecule has 0 aromatic heterocycles. The largest absolute Gasteiger partial charge is 0.285 e. The second-order valence-corrected chi connectivity index (χ2v) is 2.94. The quantitative estimate of drug-likeness (QED) is 0.484. The Hall–Kier alpha value is -1.57. The van der Waals surface area contributed by atoms with Crippen LogP contribution in [0.3, 0.4) is 0 Å². The van der Waals surface area contributed by atoms with E-state index in [-0.39, 0.29) is 5.91 Å². The van der Waals surface area contributed by atoms with Crippen molar-refractivity contribution in [2.24, 2.45) is 4.99 Å². The topological polar surface area (TPSA) is 29.4 Å². The van der Waals surface area contributed by atoms with E-state index in [1.165, 1.54) is 0 Å². The van der Waals surface area contributed by atoms with Gasteiger partial charge in [0.05, 0.1) is 5.16 Å². The molecule has 0 saturated heterocycles. The molecular weight excluding hydrogens is 194 g/mol. The van der Waals surface area contributed by atoms with Crippen molar-refractivity contribution >= 4 is 23.3 Å². The van der Waals surface area contributed by atoms with Crippen molar-refractivity contribution in [3.63, 3.8) is 0 Å². The maximum absolute atomic E-state index is 11.3. The van der Waals surface area contributed by atoms with Gasteiger partial charge in [0, 0.05) is 5.57 Å². The molecule has 3 heteroatoms. The number of nitrogens with zero attached hydrogens (tertiary/aromatic N) is 1. The van der Waals surface area contributed by atoms with Crippen molar-refractivity contribution in [3.05, 3.63) is 47.6 Å². The SMILES string of the molecule is CC1=C/C=C\C=C(C(=O)N=C=S)/C=C\1. The van der Waals surface area contributed by atoms with Crippen LogP contribution in [0.25, 0.3) is 0 Å². The molecule has 0 bridgehead atoms. The first-order valence-corrected chi connectivity index (χ1v) is 4.50. The van der Waals surface area contributed by atoms with Gasteiger partial charge in [0.2, 0.25) is 0 Å². The zero-order valence-electron chi connectivity index (χ0n) is 7.73. The summed E-state index contributed by atoms with van der Waals surface area (Å²) in [7, 11) is 0. The lowest BCUT2D eigenvalue weighted by Gasteiger charge is -1.96. The van der Waals surface area contributed by atoms with Crippen LogP contribution in [0.15, 0.2) is 52.6 Å². The molecule has 1 aliphatic rings. The normalized spacial score (nSPS) is 26.6. The molecule has 2 nitrogen and oxygen atoms in total. The zero-order chi connectivity index (χ0) is 10.4. The van der Waals surface area contributed by atoms with Gasteiger partial charge in [0.1, 0.15) is 0 Å². The second-order valence-electron chi connectivity index (χ2n) is 2.76. The molecule has 1 rings (SSSR count). The summed E-state index contributed by atoms with van der Waals surface area (Å²) >= 11 is 4.36. The molecule has 1 aliphatic carbocycles. The predicted octanol–water partition coefficient (Wildman–Crippen LogP) is 2.61. The fourth-order valence-corrected chi connectivity index (χ4v) is 1.03. The van der Waals surface area contributed by atoms with Gasteiger partial charge in [-0.3, -0.25) is 4.79 Å². The summed E-state index contributed by atoms with van der Waals surface area (Å²) in [6.45, 7) is 1.96. The predicted molar refractivity (Wildman–Crippen MR) is 60.2 cm³/mol. The standard InChI is InChI=1S/C11H9NOS/c1-9-4-2-3-5-10(7-6-9)11(13)12-8-14/h2-7H,1H3/b3-2-,4-2?,5-3?,7-6-,9-4-,9-6?,10-5+,10-7?. The van der Waals surface area contributed by atoms with Gasteiger partial charge in [-0.05, 0) is 31.3 Å². The third-order valence-electron chi connectivity index (χ3n) is 1.67. The molecule has 0 heterocycles. The number of carbonyl (C=O) groups is 1. The second kappa shape index (κ2) is 5.22. The number of rotatable bonds is 1. The van der Waals surface area contributed by atoms with Crippen LogP contribution in [-0.4, -0.2) is 11.1 Å². The Bertz CT molecular complexity index is 407. The smallest absolute Gasteiger partial charge is 0.266 e. The van der Waals surface area contributed by atoms with E-state index in [0.29, 0.717) is 5.57 Å². The van der Waals surface area contributed by atoms with Crippen molar-refractivity contribution < 1.29 is 4.79 Å². The van der Waals surface area contributed by atoms with Crippen molar-refractivity contribution in [3.8, 4) is 0 Å². The highest BCUT2D eigenvalue weighted by atomic mass is 32.1. The van der Waals surface area contributed by atoms with Crippen molar-refractivity contribution in [2.75, 3.05) is 0 Å². The summed E-state index contributed by atoms with van der Waals surface area (Å²) < 4.78 is 0. The first kappa shape index (κ1) is 10.5. The highest BCUT2D eigenvalue weighted by molar-refractivity contribution is 7.78. The average Bonchev–Trinajstić information content (AvgIpc) is 2.12. The summed E-state index contributed by atoms with van der Waals surface area (Å²) in [4.78, 5) is 14.7. The van der Waals surface area contributed by atoms with E-state index in [0.717, 1.165) is 5.57 Å². The average molecular weight is 203 g/mol. The van der Waals surface area contributed by atoms with Gasteiger partial charge in [-0.15, -0.1) is 0 Å². The molecule has 70 valence electrons. The van der Waals surface area contributed by atoms with Crippen LogP contribution in [0.2, 0.25) is 0 Å². The van der Waals surface area contributed by atoms with Crippen LogP contribution in [0.5, 0.6) is 0 Å². The minimum Gasteiger partial charge on any atom is -0.266 e. The number of hydrogen-bond acceptors (Lipinski definition) is 2. The molecule has 1 amide bonds. The molecule has 0 N–H and O–H groups in total. The Morgan fingerprint density at radius 2 is 2.07 bits per heavy atom. The van der Waals surface area contributed by atoms with Gasteiger partial charge in [0.15, 0.2) is 0 Å². The lowest BCUT2D eigenvalue weighted by Crippen LogP contribution is -1.95. The van der Waals surface area contributed by atoms with E-state index in [1.54, 1.807) is 18.2 Å². The Kier molecular flexibility index (Phi) is 3.92. The molecule has 0 fully saturated rings. The van der Waals surface area contributed by atoms with Gasteiger partial charge in [-0.1, -0.05) is 29.9 Å². The van der Waals surface area contributed by atoms with E-state index in [4.69, 9.17) is 0 Å². The highest BCUT2D eigenvalue weighted by Gasteiger charge is 2.02. The first-order chi connectivity index (χ1) is 6.74. The maximum atomic E-state index is 11.3. The number of aliphatic imine (C=N–C) groups is 1. The van der Waals surface area contributed by atoms with E-state index in [2.05, 4.69) is 22.4 Å². The summed E-state index contributed by atoms with van der Waals surface area (Å²) in [5.74, 6) is -0.365. The van der Waals surface area contributed by atoms with Crippen LogP contribution in [0, 0.1) is 0 Å². The molecule has 0 radical (unpaired) electrons. The summed E-state index contributed by atoms with van der Waals surface area (Å²) in [6, 6.07) is 0. The van der Waals surface area contributed by atoms with Crippen molar-refractivity contribution in [1.29, 1.82) is 0 Å². The Morgan fingerprint density at radius 3 is 2.79 bits per heavy atom. The Morgan fingerprint density at radius 1 is 1.36 bits per heavy atom. The fraction of sp³-hybridized carbons (Fsp3) is 0.0909. The summed E-state index contributed by atoms with van der Waals surface area (Å²) in [6.07, 6.45) is 10.9. The van der Waals surface area contributed by atoms with Crippen LogP contribution < -0.4 is 0 Å². The number of hydrogen-bond donors (Lipinski definition) is 0. The fourth-order valence-electron chi connectivity index (χ4n) is 0.947. The Balaban J connectivity index is 2.96. The van der Waals surface area contributed by atoms with E-state index >= 15 is 0 Å². The van der Waals surface area contributed by atoms with Gasteiger partial charge >= 0.3 is 0 Å². The van der Waals surface area contributed by atoms with Crippen LogP contribution >= 0.6 is 12.2 Å². The lowest BCUT2D eigenvalue weighted by atomic mass is 10.1. The Labute approximate surface area is 88.0 Å². The zero-order valence-corrected chi connectivity index (χ0v) is 8.54. The van der Waals surface area contributed by atoms with E-state index in [1.807, 2.05) is 25.2 Å². The molecule has 0 atom stereocenters. The van der Waals surface area contributed by atoms with Crippen LogP contribution in [0.1, 0.15) is 6.92 Å². The molecule has 0 saturated carbocycles. The molecule has 0 aliphatic heterocycles. The number of allylic oxidation sites excluding steroid dienone is 6. The minimum absolute atomic E-state index is 0.365. The van der Waals surface area contributed by atoms with Crippen molar-refractivity contribution in [1.82, 2.24) is 0 Å². The van der Waals surface area contributed by atoms with Gasteiger partial charge in [0.25, 0.3) is 5.91 Å². The molecule has 14 heavy (non-hydrogen) atoms. The van der Waals surface area contributed by atoms with E-state index < -0.39 is 0 Å². The van der Waals surface area contributed by atoms with Crippen LogP contribution in [0.4, 0.5) is 0 Å². The minimum atomic E-state index is -0.365. The molecule has 0 aromatic rings. The molecule has 0 aromatic carbocycles. The number of isothiocyanates is 1. The first-order valence-electron chi connectivity index (χ1n) is 4.09. The maximum Gasteiger partial charge on any atom is 0.285 e.